The van der Waals surface area contributed by atoms with E-state index in [1.807, 2.05) is 0 Å². The molecule has 1 aromatic heterocycles. The third-order valence-corrected chi connectivity index (χ3v) is 2.05. The van der Waals surface area contributed by atoms with E-state index >= 15 is 0 Å². The highest BCUT2D eigenvalue weighted by Crippen LogP contribution is 2.15. The van der Waals surface area contributed by atoms with Gasteiger partial charge < -0.3 is 15.2 Å². The number of anilines is 1. The van der Waals surface area contributed by atoms with Gasteiger partial charge in [-0.2, -0.15) is 0 Å². The molecule has 0 aliphatic rings. The summed E-state index contributed by atoms with van der Waals surface area (Å²) in [5.41, 5.74) is 0.342. The number of rotatable bonds is 5. The topological polar surface area (TPSA) is 71.5 Å². The molecule has 16 heavy (non-hydrogen) atoms. The second kappa shape index (κ2) is 6.30. The third kappa shape index (κ3) is 3.67. The number of nitrogens with zero attached hydrogens (tertiary/aromatic N) is 1. The molecule has 1 heterocycles. The zero-order valence-electron chi connectivity index (χ0n) is 8.86. The molecule has 0 atom stereocenters. The fraction of sp³-hybridized carbons (Fsp3) is 0.400. The van der Waals surface area contributed by atoms with Gasteiger partial charge in [-0.3, -0.25) is 0 Å². The first-order valence-corrected chi connectivity index (χ1v) is 5.16. The van der Waals surface area contributed by atoms with Crippen molar-refractivity contribution in [2.24, 2.45) is 0 Å². The minimum absolute atomic E-state index is 0.0947. The minimum Gasteiger partial charge on any atom is -0.465 e. The Labute approximate surface area is 98.4 Å². The number of hydrogen-bond donors (Lipinski definition) is 2. The first-order chi connectivity index (χ1) is 7.67. The van der Waals surface area contributed by atoms with E-state index in [1.54, 1.807) is 6.07 Å². The van der Waals surface area contributed by atoms with Crippen LogP contribution in [-0.2, 0) is 4.74 Å². The predicted octanol–water partition coefficient (Wildman–Crippen LogP) is 1.32. The number of nitrogens with one attached hydrogen (secondary N) is 1. The molecule has 0 radical (unpaired) electrons. The van der Waals surface area contributed by atoms with E-state index < -0.39 is 5.97 Å². The van der Waals surface area contributed by atoms with E-state index in [2.05, 4.69) is 15.0 Å². The number of methoxy groups -OCH3 is 1. The van der Waals surface area contributed by atoms with Gasteiger partial charge in [0.05, 0.1) is 12.7 Å². The van der Waals surface area contributed by atoms with Crippen LogP contribution in [0.2, 0.25) is 5.15 Å². The van der Waals surface area contributed by atoms with Crippen molar-refractivity contribution in [3.05, 3.63) is 22.8 Å². The third-order valence-electron chi connectivity index (χ3n) is 1.86. The van der Waals surface area contributed by atoms with Crippen LogP contribution < -0.4 is 5.32 Å². The van der Waals surface area contributed by atoms with E-state index in [9.17, 15) is 4.79 Å². The molecule has 5 nitrogen and oxygen atoms in total. The molecule has 0 saturated carbocycles. The summed E-state index contributed by atoms with van der Waals surface area (Å²) in [6, 6.07) is 2.99. The summed E-state index contributed by atoms with van der Waals surface area (Å²) in [4.78, 5) is 15.3. The molecule has 1 aromatic rings. The van der Waals surface area contributed by atoms with Crippen LogP contribution in [0.15, 0.2) is 12.1 Å². The van der Waals surface area contributed by atoms with Crippen LogP contribution in [0.25, 0.3) is 0 Å². The van der Waals surface area contributed by atoms with Gasteiger partial charge in [0.15, 0.2) is 0 Å². The van der Waals surface area contributed by atoms with E-state index in [-0.39, 0.29) is 11.8 Å². The Bertz CT molecular complexity index is 371. The molecule has 0 bridgehead atoms. The van der Waals surface area contributed by atoms with Gasteiger partial charge in [-0.1, -0.05) is 11.6 Å². The molecule has 2 N–H and O–H groups in total. The number of pyridine rings is 1. The number of esters is 1. The molecule has 0 aromatic carbocycles. The Kier molecular flexibility index (Phi) is 5.01. The number of ether oxygens (including phenoxy) is 1. The lowest BCUT2D eigenvalue weighted by atomic mass is 10.2. The van der Waals surface area contributed by atoms with Crippen molar-refractivity contribution >= 4 is 23.4 Å². The van der Waals surface area contributed by atoms with Crippen molar-refractivity contribution in [1.29, 1.82) is 0 Å². The van der Waals surface area contributed by atoms with Crippen LogP contribution >= 0.6 is 11.6 Å². The van der Waals surface area contributed by atoms with Crippen LogP contribution in [0.3, 0.4) is 0 Å². The van der Waals surface area contributed by atoms with Gasteiger partial charge in [0, 0.05) is 13.2 Å². The van der Waals surface area contributed by atoms with Crippen LogP contribution in [0, 0.1) is 0 Å². The largest absolute Gasteiger partial charge is 0.465 e. The number of aliphatic hydroxyl groups is 1. The molecule has 1 rings (SSSR count). The molecule has 0 aliphatic carbocycles. The quantitative estimate of drug-likeness (QED) is 0.464. The van der Waals surface area contributed by atoms with E-state index in [0.29, 0.717) is 24.3 Å². The molecule has 0 aliphatic heterocycles. The van der Waals surface area contributed by atoms with Crippen molar-refractivity contribution in [3.8, 4) is 0 Å². The summed E-state index contributed by atoms with van der Waals surface area (Å²) in [6.45, 7) is 0.655. The van der Waals surface area contributed by atoms with Crippen LogP contribution in [0.5, 0.6) is 0 Å². The molecule has 0 amide bonds. The molecule has 0 unspecified atom stereocenters. The van der Waals surface area contributed by atoms with Gasteiger partial charge in [0.25, 0.3) is 0 Å². The van der Waals surface area contributed by atoms with Gasteiger partial charge in [-0.15, -0.1) is 0 Å². The predicted molar refractivity (Wildman–Crippen MR) is 60.8 cm³/mol. The summed E-state index contributed by atoms with van der Waals surface area (Å²) >= 11 is 5.76. The average molecular weight is 245 g/mol. The van der Waals surface area contributed by atoms with Crippen LogP contribution in [0.1, 0.15) is 16.8 Å². The molecule has 0 saturated heterocycles. The molecule has 6 heteroatoms. The molecular weight excluding hydrogens is 232 g/mol. The molecular formula is C10H13ClN2O3. The Morgan fingerprint density at radius 3 is 3.00 bits per heavy atom. The summed E-state index contributed by atoms with van der Waals surface area (Å²) in [5, 5.41) is 11.8. The Balaban J connectivity index is 2.77. The Hall–Kier alpha value is -1.33. The lowest BCUT2D eigenvalue weighted by molar-refractivity contribution is 0.0600. The van der Waals surface area contributed by atoms with E-state index in [1.165, 1.54) is 13.2 Å². The normalized spacial score (nSPS) is 9.94. The summed E-state index contributed by atoms with van der Waals surface area (Å²) in [6.07, 6.45) is 0.599. The summed E-state index contributed by atoms with van der Waals surface area (Å²) < 4.78 is 4.58. The van der Waals surface area contributed by atoms with Crippen molar-refractivity contribution in [1.82, 2.24) is 4.98 Å². The first kappa shape index (κ1) is 12.7. The number of aliphatic hydroxyl groups excluding tert-OH is 1. The maximum atomic E-state index is 11.3. The van der Waals surface area contributed by atoms with Crippen LogP contribution in [0.4, 0.5) is 5.82 Å². The Morgan fingerprint density at radius 2 is 2.38 bits per heavy atom. The SMILES string of the molecule is COC(=O)c1cc(Cl)nc(NCCCO)c1. The van der Waals surface area contributed by atoms with Gasteiger partial charge >= 0.3 is 5.97 Å². The smallest absolute Gasteiger partial charge is 0.338 e. The standard InChI is InChI=1S/C10H13ClN2O3/c1-16-10(15)7-5-8(11)13-9(6-7)12-3-2-4-14/h5-6,14H,2-4H2,1H3,(H,12,13). The number of halogens is 1. The monoisotopic (exact) mass is 244 g/mol. The van der Waals surface area contributed by atoms with Crippen molar-refractivity contribution in [3.63, 3.8) is 0 Å². The summed E-state index contributed by atoms with van der Waals surface area (Å²) in [7, 11) is 1.30. The van der Waals surface area contributed by atoms with Crippen molar-refractivity contribution < 1.29 is 14.6 Å². The second-order valence-corrected chi connectivity index (χ2v) is 3.45. The zero-order chi connectivity index (χ0) is 12.0. The van der Waals surface area contributed by atoms with Crippen molar-refractivity contribution in [2.45, 2.75) is 6.42 Å². The highest BCUT2D eigenvalue weighted by molar-refractivity contribution is 6.29. The highest BCUT2D eigenvalue weighted by atomic mass is 35.5. The molecule has 0 spiro atoms. The fourth-order valence-electron chi connectivity index (χ4n) is 1.12. The number of hydrogen-bond acceptors (Lipinski definition) is 5. The number of carbonyl (C=O) groups is 1. The maximum absolute atomic E-state index is 11.3. The fourth-order valence-corrected chi connectivity index (χ4v) is 1.33. The first-order valence-electron chi connectivity index (χ1n) is 4.78. The average Bonchev–Trinajstić information content (AvgIpc) is 2.27. The highest BCUT2D eigenvalue weighted by Gasteiger charge is 2.08. The summed E-state index contributed by atoms with van der Waals surface area (Å²) in [5.74, 6) is 0.0239. The lowest BCUT2D eigenvalue weighted by Gasteiger charge is -2.06. The zero-order valence-corrected chi connectivity index (χ0v) is 9.62. The van der Waals surface area contributed by atoms with Gasteiger partial charge in [-0.05, 0) is 18.6 Å². The van der Waals surface area contributed by atoms with Gasteiger partial charge in [-0.25, -0.2) is 9.78 Å². The van der Waals surface area contributed by atoms with E-state index in [4.69, 9.17) is 16.7 Å². The van der Waals surface area contributed by atoms with E-state index in [0.717, 1.165) is 0 Å². The molecule has 0 fully saturated rings. The second-order valence-electron chi connectivity index (χ2n) is 3.06. The van der Waals surface area contributed by atoms with Crippen molar-refractivity contribution in [2.75, 3.05) is 25.6 Å². The number of aromatic nitrogens is 1. The molecule has 88 valence electrons. The van der Waals surface area contributed by atoms with Crippen LogP contribution in [-0.4, -0.2) is 36.3 Å². The van der Waals surface area contributed by atoms with Gasteiger partial charge in [0.1, 0.15) is 11.0 Å². The maximum Gasteiger partial charge on any atom is 0.338 e. The van der Waals surface area contributed by atoms with Gasteiger partial charge in [0.2, 0.25) is 0 Å². The lowest BCUT2D eigenvalue weighted by Crippen LogP contribution is -2.08. The number of carbonyl (C=O) groups excluding carboxylic acids is 1. The minimum atomic E-state index is -0.463. The Morgan fingerprint density at radius 1 is 1.62 bits per heavy atom.